The Bertz CT molecular complexity index is 1200. The summed E-state index contributed by atoms with van der Waals surface area (Å²) in [7, 11) is 0. The Hall–Kier alpha value is -3.42. The van der Waals surface area contributed by atoms with Gasteiger partial charge in [-0.3, -0.25) is 4.79 Å². The molecule has 1 aromatic carbocycles. The van der Waals surface area contributed by atoms with Crippen molar-refractivity contribution in [2.75, 3.05) is 24.5 Å². The van der Waals surface area contributed by atoms with Crippen molar-refractivity contribution in [1.29, 1.82) is 0 Å². The van der Waals surface area contributed by atoms with Crippen molar-refractivity contribution < 1.29 is 4.79 Å². The lowest BCUT2D eigenvalue weighted by atomic mass is 10.1. The van der Waals surface area contributed by atoms with Crippen LogP contribution in [0.4, 0.5) is 5.82 Å². The molecule has 1 aliphatic heterocycles. The summed E-state index contributed by atoms with van der Waals surface area (Å²) in [5.41, 5.74) is 3.35. The molecule has 1 fully saturated rings. The summed E-state index contributed by atoms with van der Waals surface area (Å²) in [6.45, 7) is 4.99. The smallest absolute Gasteiger partial charge is 0.253 e. The number of para-hydroxylation sites is 1. The van der Waals surface area contributed by atoms with Crippen molar-refractivity contribution in [1.82, 2.24) is 30.0 Å². The minimum atomic E-state index is -0.0787. The molecule has 8 nitrogen and oxygen atoms in total. The Morgan fingerprint density at radius 1 is 1.13 bits per heavy atom. The molecule has 8 heteroatoms. The largest absolute Gasteiger partial charge is 0.358 e. The fraction of sp³-hybridized carbons (Fsp3) is 0.364. The molecule has 0 radical (unpaired) electrons. The Morgan fingerprint density at radius 3 is 2.83 bits per heavy atom. The number of amides is 1. The number of nitrogens with zero attached hydrogens (tertiary/aromatic N) is 5. The second-order valence-electron chi connectivity index (χ2n) is 7.78. The van der Waals surface area contributed by atoms with E-state index in [2.05, 4.69) is 30.3 Å². The highest BCUT2D eigenvalue weighted by Crippen LogP contribution is 2.25. The van der Waals surface area contributed by atoms with Crippen LogP contribution in [0.5, 0.6) is 0 Å². The van der Waals surface area contributed by atoms with E-state index < -0.39 is 0 Å². The zero-order chi connectivity index (χ0) is 20.5. The number of rotatable bonds is 5. The average molecular weight is 403 g/mol. The fourth-order valence-corrected chi connectivity index (χ4v) is 4.33. The van der Waals surface area contributed by atoms with Gasteiger partial charge in [0.2, 0.25) is 0 Å². The summed E-state index contributed by atoms with van der Waals surface area (Å²) in [6.07, 6.45) is 7.11. The van der Waals surface area contributed by atoms with Crippen LogP contribution in [0.25, 0.3) is 21.9 Å². The third-order valence-corrected chi connectivity index (χ3v) is 5.80. The number of aromatic nitrogens is 5. The van der Waals surface area contributed by atoms with Gasteiger partial charge in [-0.05, 0) is 32.3 Å². The molecule has 0 aliphatic carbocycles. The highest BCUT2D eigenvalue weighted by atomic mass is 16.1. The van der Waals surface area contributed by atoms with Crippen LogP contribution < -0.4 is 10.2 Å². The van der Waals surface area contributed by atoms with Crippen LogP contribution in [0, 0.1) is 6.92 Å². The van der Waals surface area contributed by atoms with Crippen molar-refractivity contribution in [3.8, 4) is 0 Å². The van der Waals surface area contributed by atoms with Crippen LogP contribution in [0.2, 0.25) is 0 Å². The number of nitrogens with one attached hydrogen (secondary N) is 2. The first-order chi connectivity index (χ1) is 14.7. The van der Waals surface area contributed by atoms with E-state index in [4.69, 9.17) is 0 Å². The second kappa shape index (κ2) is 7.78. The predicted molar refractivity (Wildman–Crippen MR) is 117 cm³/mol. The van der Waals surface area contributed by atoms with Gasteiger partial charge in [0.25, 0.3) is 5.91 Å². The van der Waals surface area contributed by atoms with E-state index in [-0.39, 0.29) is 5.91 Å². The van der Waals surface area contributed by atoms with Crippen LogP contribution in [-0.2, 0) is 6.54 Å². The van der Waals surface area contributed by atoms with E-state index in [1.807, 2.05) is 42.1 Å². The molecule has 154 valence electrons. The maximum absolute atomic E-state index is 12.8. The summed E-state index contributed by atoms with van der Waals surface area (Å²) in [5.74, 6) is 0.884. The molecular formula is C22H25N7O. The van der Waals surface area contributed by atoms with Crippen LogP contribution in [0.1, 0.15) is 35.3 Å². The van der Waals surface area contributed by atoms with Gasteiger partial charge in [-0.15, -0.1) is 0 Å². The van der Waals surface area contributed by atoms with E-state index in [1.165, 1.54) is 19.3 Å². The number of carbonyl (C=O) groups excluding carboxylic acids is 1. The Morgan fingerprint density at radius 2 is 1.97 bits per heavy atom. The first-order valence-electron chi connectivity index (χ1n) is 10.5. The van der Waals surface area contributed by atoms with Crippen LogP contribution in [-0.4, -0.2) is 50.3 Å². The SMILES string of the molecule is Cc1[nH]c2ccccc2c1C(=O)NCCn1ncc2c(N3CCCCC3)ncnc21. The number of fused-ring (bicyclic) bond motifs is 2. The summed E-state index contributed by atoms with van der Waals surface area (Å²) in [6, 6.07) is 7.85. The number of H-pyrrole nitrogens is 1. The number of anilines is 1. The lowest BCUT2D eigenvalue weighted by Gasteiger charge is -2.27. The average Bonchev–Trinajstić information content (AvgIpc) is 3.34. The number of piperidine rings is 1. The van der Waals surface area contributed by atoms with E-state index in [9.17, 15) is 4.79 Å². The zero-order valence-corrected chi connectivity index (χ0v) is 17.1. The van der Waals surface area contributed by atoms with Gasteiger partial charge in [-0.1, -0.05) is 18.2 Å². The van der Waals surface area contributed by atoms with Crippen LogP contribution in [0.15, 0.2) is 36.8 Å². The molecule has 5 rings (SSSR count). The van der Waals surface area contributed by atoms with Gasteiger partial charge < -0.3 is 15.2 Å². The molecule has 2 N–H and O–H groups in total. The standard InChI is InChI=1S/C22H25N7O/c1-15-19(16-7-3-4-8-18(16)27-15)22(30)23-9-12-29-21-17(13-26-29)20(24-14-25-21)28-10-5-2-6-11-28/h3-4,7-8,13-14,27H,2,5-6,9-12H2,1H3,(H,23,30). The number of hydrogen-bond donors (Lipinski definition) is 2. The second-order valence-corrected chi connectivity index (χ2v) is 7.78. The molecule has 30 heavy (non-hydrogen) atoms. The lowest BCUT2D eigenvalue weighted by Crippen LogP contribution is -2.30. The van der Waals surface area contributed by atoms with E-state index >= 15 is 0 Å². The summed E-state index contributed by atoms with van der Waals surface area (Å²) in [5, 5.41) is 9.44. The van der Waals surface area contributed by atoms with Crippen molar-refractivity contribution in [2.45, 2.75) is 32.7 Å². The number of aromatic amines is 1. The Balaban J connectivity index is 1.31. The number of carbonyl (C=O) groups is 1. The first kappa shape index (κ1) is 18.6. The summed E-state index contributed by atoms with van der Waals surface area (Å²) in [4.78, 5) is 27.4. The Labute approximate surface area is 174 Å². The molecule has 1 aliphatic rings. The molecule has 0 unspecified atom stereocenters. The van der Waals surface area contributed by atoms with Crippen molar-refractivity contribution in [2.24, 2.45) is 0 Å². The van der Waals surface area contributed by atoms with Gasteiger partial charge in [0.1, 0.15) is 12.1 Å². The minimum Gasteiger partial charge on any atom is -0.358 e. The molecule has 0 spiro atoms. The maximum Gasteiger partial charge on any atom is 0.253 e. The van der Waals surface area contributed by atoms with Crippen LogP contribution in [0.3, 0.4) is 0 Å². The molecule has 0 bridgehead atoms. The minimum absolute atomic E-state index is 0.0787. The monoisotopic (exact) mass is 403 g/mol. The van der Waals surface area contributed by atoms with Gasteiger partial charge in [0.05, 0.1) is 23.7 Å². The normalized spacial score (nSPS) is 14.5. The highest BCUT2D eigenvalue weighted by Gasteiger charge is 2.18. The fourth-order valence-electron chi connectivity index (χ4n) is 4.33. The molecule has 1 saturated heterocycles. The van der Waals surface area contributed by atoms with E-state index in [0.717, 1.165) is 46.5 Å². The molecule has 3 aromatic heterocycles. The van der Waals surface area contributed by atoms with Gasteiger partial charge in [-0.25, -0.2) is 14.6 Å². The van der Waals surface area contributed by atoms with Crippen molar-refractivity contribution in [3.63, 3.8) is 0 Å². The molecule has 1 amide bonds. The Kier molecular flexibility index (Phi) is 4.82. The maximum atomic E-state index is 12.8. The van der Waals surface area contributed by atoms with Crippen molar-refractivity contribution >= 4 is 33.7 Å². The van der Waals surface area contributed by atoms with E-state index in [1.54, 1.807) is 6.33 Å². The highest BCUT2D eigenvalue weighted by molar-refractivity contribution is 6.08. The predicted octanol–water partition coefficient (Wildman–Crippen LogP) is 3.04. The molecular weight excluding hydrogens is 378 g/mol. The van der Waals surface area contributed by atoms with Gasteiger partial charge >= 0.3 is 0 Å². The van der Waals surface area contributed by atoms with Gasteiger partial charge in [0.15, 0.2) is 5.65 Å². The summed E-state index contributed by atoms with van der Waals surface area (Å²) >= 11 is 0. The molecule has 4 heterocycles. The summed E-state index contributed by atoms with van der Waals surface area (Å²) < 4.78 is 1.84. The quantitative estimate of drug-likeness (QED) is 0.534. The van der Waals surface area contributed by atoms with Crippen molar-refractivity contribution in [3.05, 3.63) is 48.0 Å². The lowest BCUT2D eigenvalue weighted by molar-refractivity contribution is 0.0953. The van der Waals surface area contributed by atoms with Crippen LogP contribution >= 0.6 is 0 Å². The number of hydrogen-bond acceptors (Lipinski definition) is 5. The molecule has 0 atom stereocenters. The zero-order valence-electron chi connectivity index (χ0n) is 17.1. The first-order valence-corrected chi connectivity index (χ1v) is 10.5. The van der Waals surface area contributed by atoms with Gasteiger partial charge in [-0.2, -0.15) is 5.10 Å². The molecule has 4 aromatic rings. The topological polar surface area (TPSA) is 91.7 Å². The molecule has 0 saturated carbocycles. The number of aryl methyl sites for hydroxylation is 1. The van der Waals surface area contributed by atoms with E-state index in [0.29, 0.717) is 18.7 Å². The third-order valence-electron chi connectivity index (χ3n) is 5.80. The van der Waals surface area contributed by atoms with Gasteiger partial charge in [0, 0.05) is 36.2 Å². The third kappa shape index (κ3) is 3.28. The number of benzene rings is 1.